The molecule has 0 aromatic heterocycles. The van der Waals surface area contributed by atoms with Gasteiger partial charge >= 0.3 is 0 Å². The molecule has 0 saturated carbocycles. The summed E-state index contributed by atoms with van der Waals surface area (Å²) in [5.74, 6) is -0.571. The number of thiocarbonyl (C=S) groups is 1. The molecule has 2 unspecified atom stereocenters. The summed E-state index contributed by atoms with van der Waals surface area (Å²) in [6.45, 7) is 3.22. The number of sulfonamides is 1. The van der Waals surface area contributed by atoms with E-state index in [4.69, 9.17) is 11.5 Å². The Morgan fingerprint density at radius 1 is 1.44 bits per heavy atom. The Morgan fingerprint density at radius 3 is 2.25 bits per heavy atom. The van der Waals surface area contributed by atoms with Gasteiger partial charge in [-0.3, -0.25) is 4.79 Å². The van der Waals surface area contributed by atoms with Crippen LogP contribution in [0.4, 0.5) is 0 Å². The number of rotatable bonds is 7. The van der Waals surface area contributed by atoms with Crippen LogP contribution in [0, 0.1) is 0 Å². The predicted octanol–water partition coefficient (Wildman–Crippen LogP) is -0.766. The van der Waals surface area contributed by atoms with Gasteiger partial charge in [0.05, 0.1) is 4.99 Å². The Bertz CT molecular complexity index is 367. The van der Waals surface area contributed by atoms with Gasteiger partial charge in [0.15, 0.2) is 0 Å². The maximum Gasteiger partial charge on any atom is 0.221 e. The molecule has 0 spiro atoms. The highest BCUT2D eigenvalue weighted by Gasteiger charge is 2.27. The van der Waals surface area contributed by atoms with Crippen molar-refractivity contribution < 1.29 is 13.2 Å². The smallest absolute Gasteiger partial charge is 0.221 e. The van der Waals surface area contributed by atoms with Gasteiger partial charge in [-0.15, -0.1) is 0 Å². The summed E-state index contributed by atoms with van der Waals surface area (Å²) in [6.07, 6.45) is 0.223. The molecule has 5 N–H and O–H groups in total. The molecule has 94 valence electrons. The maximum atomic E-state index is 11.8. The standard InChI is InChI=1S/C8H17N3O3S2/c1-3-6(8(10)15)16(13,14)11-5(2)4-7(9)12/h5-6,11H,3-4H2,1-2H3,(H2,9,12)(H2,10,15). The molecule has 0 heterocycles. The van der Waals surface area contributed by atoms with Gasteiger partial charge in [0.25, 0.3) is 0 Å². The van der Waals surface area contributed by atoms with Gasteiger partial charge < -0.3 is 11.5 Å². The second-order valence-electron chi connectivity index (χ2n) is 3.53. The molecule has 6 nitrogen and oxygen atoms in total. The number of amides is 1. The van der Waals surface area contributed by atoms with Crippen molar-refractivity contribution in [1.82, 2.24) is 4.72 Å². The van der Waals surface area contributed by atoms with Gasteiger partial charge in [0.1, 0.15) is 5.25 Å². The Kier molecular flexibility index (Phi) is 5.84. The number of hydrogen-bond donors (Lipinski definition) is 3. The summed E-state index contributed by atoms with van der Waals surface area (Å²) in [6, 6.07) is -0.564. The van der Waals surface area contributed by atoms with Crippen LogP contribution < -0.4 is 16.2 Å². The van der Waals surface area contributed by atoms with E-state index in [2.05, 4.69) is 16.9 Å². The molecular weight excluding hydrogens is 250 g/mol. The third-order valence-electron chi connectivity index (χ3n) is 1.94. The van der Waals surface area contributed by atoms with Gasteiger partial charge in [-0.25, -0.2) is 13.1 Å². The molecule has 0 aliphatic carbocycles. The number of carbonyl (C=O) groups excluding carboxylic acids is 1. The zero-order chi connectivity index (χ0) is 12.9. The molecule has 0 bridgehead atoms. The van der Waals surface area contributed by atoms with Gasteiger partial charge in [0, 0.05) is 12.5 Å². The number of nitrogens with two attached hydrogens (primary N) is 2. The van der Waals surface area contributed by atoms with Crippen molar-refractivity contribution in [2.45, 2.75) is 38.0 Å². The average molecular weight is 267 g/mol. The normalized spacial score (nSPS) is 15.4. The van der Waals surface area contributed by atoms with E-state index >= 15 is 0 Å². The number of nitrogens with one attached hydrogen (secondary N) is 1. The molecule has 0 radical (unpaired) electrons. The first-order valence-electron chi connectivity index (χ1n) is 4.79. The monoisotopic (exact) mass is 267 g/mol. The van der Waals surface area contributed by atoms with E-state index in [1.165, 1.54) is 0 Å². The lowest BCUT2D eigenvalue weighted by molar-refractivity contribution is -0.118. The second kappa shape index (κ2) is 6.12. The highest BCUT2D eigenvalue weighted by atomic mass is 32.2. The minimum atomic E-state index is -3.64. The first-order chi connectivity index (χ1) is 7.20. The lowest BCUT2D eigenvalue weighted by Gasteiger charge is -2.18. The van der Waals surface area contributed by atoms with Crippen LogP contribution in [-0.4, -0.2) is 30.6 Å². The van der Waals surface area contributed by atoms with Gasteiger partial charge in [-0.1, -0.05) is 19.1 Å². The van der Waals surface area contributed by atoms with E-state index in [0.717, 1.165) is 0 Å². The van der Waals surface area contributed by atoms with Crippen LogP contribution in [0.2, 0.25) is 0 Å². The SMILES string of the molecule is CCC(C(N)=S)S(=O)(=O)NC(C)CC(N)=O. The van der Waals surface area contributed by atoms with Gasteiger partial charge in [-0.2, -0.15) is 0 Å². The third-order valence-corrected chi connectivity index (χ3v) is 4.44. The Labute approximate surface area is 101 Å². The molecule has 0 fully saturated rings. The first-order valence-corrected chi connectivity index (χ1v) is 6.75. The first kappa shape index (κ1) is 15.3. The van der Waals surface area contributed by atoms with Crippen LogP contribution in [-0.2, 0) is 14.8 Å². The van der Waals surface area contributed by atoms with Crippen molar-refractivity contribution in [3.63, 3.8) is 0 Å². The van der Waals surface area contributed by atoms with E-state index in [1.54, 1.807) is 13.8 Å². The zero-order valence-corrected chi connectivity index (χ0v) is 10.9. The van der Waals surface area contributed by atoms with Crippen LogP contribution in [0.5, 0.6) is 0 Å². The van der Waals surface area contributed by atoms with E-state index in [1.807, 2.05) is 0 Å². The van der Waals surface area contributed by atoms with Gasteiger partial charge in [0.2, 0.25) is 15.9 Å². The highest BCUT2D eigenvalue weighted by molar-refractivity contribution is 7.93. The lowest BCUT2D eigenvalue weighted by Crippen LogP contribution is -2.45. The molecule has 0 rings (SSSR count). The van der Waals surface area contributed by atoms with E-state index in [9.17, 15) is 13.2 Å². The summed E-state index contributed by atoms with van der Waals surface area (Å²) in [7, 11) is -3.64. The molecule has 2 atom stereocenters. The Hall–Kier alpha value is -0.730. The fourth-order valence-corrected chi connectivity index (χ4v) is 3.38. The second-order valence-corrected chi connectivity index (χ2v) is 5.90. The molecule has 0 aromatic carbocycles. The average Bonchev–Trinajstić information content (AvgIpc) is 1.99. The predicted molar refractivity (Wildman–Crippen MR) is 66.2 cm³/mol. The zero-order valence-electron chi connectivity index (χ0n) is 9.26. The van der Waals surface area contributed by atoms with Crippen LogP contribution >= 0.6 is 12.2 Å². The van der Waals surface area contributed by atoms with E-state index in [-0.39, 0.29) is 17.8 Å². The fraction of sp³-hybridized carbons (Fsp3) is 0.750. The summed E-state index contributed by atoms with van der Waals surface area (Å²) in [4.78, 5) is 10.5. The summed E-state index contributed by atoms with van der Waals surface area (Å²) < 4.78 is 25.9. The molecule has 1 amide bonds. The molecule has 0 aliphatic rings. The summed E-state index contributed by atoms with van der Waals surface area (Å²) >= 11 is 4.67. The topological polar surface area (TPSA) is 115 Å². The van der Waals surface area contributed by atoms with E-state index < -0.39 is 27.2 Å². The Balaban J connectivity index is 4.67. The summed E-state index contributed by atoms with van der Waals surface area (Å²) in [5, 5.41) is -0.919. The van der Waals surface area contributed by atoms with Crippen LogP contribution in [0.15, 0.2) is 0 Å². The molecule has 0 saturated heterocycles. The lowest BCUT2D eigenvalue weighted by atomic mass is 10.2. The van der Waals surface area contributed by atoms with Crippen LogP contribution in [0.1, 0.15) is 26.7 Å². The number of hydrogen-bond acceptors (Lipinski definition) is 4. The quantitative estimate of drug-likeness (QED) is 0.524. The van der Waals surface area contributed by atoms with Crippen molar-refractivity contribution in [2.75, 3.05) is 0 Å². The third kappa shape index (κ3) is 4.86. The molecule has 0 aliphatic heterocycles. The summed E-state index contributed by atoms with van der Waals surface area (Å²) in [5.41, 5.74) is 10.3. The minimum Gasteiger partial charge on any atom is -0.392 e. The Morgan fingerprint density at radius 2 is 1.94 bits per heavy atom. The molecule has 0 aromatic rings. The van der Waals surface area contributed by atoms with Crippen LogP contribution in [0.3, 0.4) is 0 Å². The van der Waals surface area contributed by atoms with Crippen molar-refractivity contribution in [1.29, 1.82) is 0 Å². The van der Waals surface area contributed by atoms with Crippen molar-refractivity contribution in [2.24, 2.45) is 11.5 Å². The molecular formula is C8H17N3O3S2. The van der Waals surface area contributed by atoms with Crippen molar-refractivity contribution in [3.8, 4) is 0 Å². The van der Waals surface area contributed by atoms with Crippen molar-refractivity contribution >= 4 is 33.1 Å². The minimum absolute atomic E-state index is 0.0625. The number of primary amides is 1. The van der Waals surface area contributed by atoms with Crippen molar-refractivity contribution in [3.05, 3.63) is 0 Å². The van der Waals surface area contributed by atoms with Gasteiger partial charge in [-0.05, 0) is 13.3 Å². The fourth-order valence-electron chi connectivity index (χ4n) is 1.28. The van der Waals surface area contributed by atoms with E-state index in [0.29, 0.717) is 0 Å². The molecule has 8 heteroatoms. The largest absolute Gasteiger partial charge is 0.392 e. The molecule has 16 heavy (non-hydrogen) atoms. The van der Waals surface area contributed by atoms with Crippen LogP contribution in [0.25, 0.3) is 0 Å². The highest BCUT2D eigenvalue weighted by Crippen LogP contribution is 2.06. The maximum absolute atomic E-state index is 11.8. The number of carbonyl (C=O) groups is 1.